The molecule has 1 aliphatic carbocycles. The maximum Gasteiger partial charge on any atom is 0.118 e. The zero-order valence-electron chi connectivity index (χ0n) is 11.0. The fourth-order valence-electron chi connectivity index (χ4n) is 2.44. The van der Waals surface area contributed by atoms with Gasteiger partial charge < -0.3 is 10.1 Å². The fraction of sp³-hybridized carbons (Fsp3) is 0.600. The Morgan fingerprint density at radius 3 is 2.47 bits per heavy atom. The molecular formula is C15H23NO. The molecule has 2 heteroatoms. The van der Waals surface area contributed by atoms with E-state index in [9.17, 15) is 0 Å². The van der Waals surface area contributed by atoms with Crippen molar-refractivity contribution in [2.24, 2.45) is 5.41 Å². The molecule has 0 aliphatic heterocycles. The minimum atomic E-state index is 0.640. The van der Waals surface area contributed by atoms with Crippen LogP contribution in [0.3, 0.4) is 0 Å². The highest BCUT2D eigenvalue weighted by molar-refractivity contribution is 5.27. The number of rotatable bonds is 7. The van der Waals surface area contributed by atoms with Crippen molar-refractivity contribution in [1.82, 2.24) is 5.32 Å². The van der Waals surface area contributed by atoms with Gasteiger partial charge in [0.1, 0.15) is 5.75 Å². The van der Waals surface area contributed by atoms with E-state index in [1.165, 1.54) is 37.8 Å². The van der Waals surface area contributed by atoms with Crippen molar-refractivity contribution in [2.75, 3.05) is 13.7 Å². The van der Waals surface area contributed by atoms with E-state index in [4.69, 9.17) is 4.74 Å². The molecule has 94 valence electrons. The Kier molecular flexibility index (Phi) is 4.06. The highest BCUT2D eigenvalue weighted by Crippen LogP contribution is 2.48. The maximum atomic E-state index is 5.15. The van der Waals surface area contributed by atoms with Gasteiger partial charge in [0.25, 0.3) is 0 Å². The summed E-state index contributed by atoms with van der Waals surface area (Å²) in [7, 11) is 1.70. The number of hydrogen-bond acceptors (Lipinski definition) is 2. The Morgan fingerprint density at radius 1 is 1.24 bits per heavy atom. The summed E-state index contributed by atoms with van der Waals surface area (Å²) in [6.07, 6.45) is 5.51. The molecule has 0 spiro atoms. The Balaban J connectivity index is 1.74. The summed E-state index contributed by atoms with van der Waals surface area (Å²) in [6.45, 7) is 4.42. The van der Waals surface area contributed by atoms with Crippen LogP contribution >= 0.6 is 0 Å². The minimum absolute atomic E-state index is 0.640. The molecule has 2 nitrogen and oxygen atoms in total. The number of nitrogens with one attached hydrogen (secondary N) is 1. The molecule has 1 saturated carbocycles. The van der Waals surface area contributed by atoms with Crippen LogP contribution < -0.4 is 10.1 Å². The first-order valence-electron chi connectivity index (χ1n) is 6.62. The fourth-order valence-corrected chi connectivity index (χ4v) is 2.44. The summed E-state index contributed by atoms with van der Waals surface area (Å²) >= 11 is 0. The summed E-state index contributed by atoms with van der Waals surface area (Å²) in [5.74, 6) is 0.929. The van der Waals surface area contributed by atoms with E-state index in [-0.39, 0.29) is 0 Å². The first-order chi connectivity index (χ1) is 8.28. The van der Waals surface area contributed by atoms with Gasteiger partial charge in [0.15, 0.2) is 0 Å². The van der Waals surface area contributed by atoms with Crippen LogP contribution in [0.2, 0.25) is 0 Å². The van der Waals surface area contributed by atoms with Crippen LogP contribution in [-0.2, 0) is 6.54 Å². The van der Waals surface area contributed by atoms with Gasteiger partial charge in [0.2, 0.25) is 0 Å². The summed E-state index contributed by atoms with van der Waals surface area (Å²) in [4.78, 5) is 0. The standard InChI is InChI=1S/C15H23NO/c1-3-8-15(9-10-15)12-16-11-13-4-6-14(17-2)7-5-13/h4-7,16H,3,8-12H2,1-2H3. The van der Waals surface area contributed by atoms with Crippen molar-refractivity contribution >= 4 is 0 Å². The van der Waals surface area contributed by atoms with Crippen molar-refractivity contribution < 1.29 is 4.74 Å². The molecule has 0 aromatic heterocycles. The third-order valence-electron chi connectivity index (χ3n) is 3.73. The zero-order valence-corrected chi connectivity index (χ0v) is 11.0. The number of ether oxygens (including phenoxy) is 1. The lowest BCUT2D eigenvalue weighted by molar-refractivity contribution is 0.413. The van der Waals surface area contributed by atoms with Crippen molar-refractivity contribution in [2.45, 2.75) is 39.2 Å². The molecule has 1 aliphatic rings. The Labute approximate surface area is 104 Å². The molecule has 1 aromatic carbocycles. The molecular weight excluding hydrogens is 210 g/mol. The average molecular weight is 233 g/mol. The van der Waals surface area contributed by atoms with Gasteiger partial charge in [-0.15, -0.1) is 0 Å². The number of hydrogen-bond donors (Lipinski definition) is 1. The highest BCUT2D eigenvalue weighted by Gasteiger charge is 2.40. The van der Waals surface area contributed by atoms with Crippen molar-refractivity contribution in [3.05, 3.63) is 29.8 Å². The van der Waals surface area contributed by atoms with Gasteiger partial charge in [-0.25, -0.2) is 0 Å². The van der Waals surface area contributed by atoms with Crippen LogP contribution in [-0.4, -0.2) is 13.7 Å². The van der Waals surface area contributed by atoms with Crippen LogP contribution in [0.1, 0.15) is 38.2 Å². The van der Waals surface area contributed by atoms with Gasteiger partial charge in [-0.2, -0.15) is 0 Å². The summed E-state index contributed by atoms with van der Waals surface area (Å²) in [5, 5.41) is 3.59. The van der Waals surface area contributed by atoms with Gasteiger partial charge >= 0.3 is 0 Å². The molecule has 0 unspecified atom stereocenters. The molecule has 2 rings (SSSR count). The second kappa shape index (κ2) is 5.54. The van der Waals surface area contributed by atoms with Crippen LogP contribution in [0.5, 0.6) is 5.75 Å². The van der Waals surface area contributed by atoms with Crippen LogP contribution in [0.25, 0.3) is 0 Å². The average Bonchev–Trinajstić information content (AvgIpc) is 3.11. The van der Waals surface area contributed by atoms with E-state index < -0.39 is 0 Å². The normalized spacial score (nSPS) is 16.8. The lowest BCUT2D eigenvalue weighted by atomic mass is 10.0. The van der Waals surface area contributed by atoms with Gasteiger partial charge in [-0.05, 0) is 42.4 Å². The molecule has 0 bridgehead atoms. The Morgan fingerprint density at radius 2 is 1.94 bits per heavy atom. The van der Waals surface area contributed by atoms with E-state index in [0.29, 0.717) is 5.41 Å². The molecule has 1 fully saturated rings. The minimum Gasteiger partial charge on any atom is -0.497 e. The van der Waals surface area contributed by atoms with E-state index in [1.807, 2.05) is 12.1 Å². The predicted molar refractivity (Wildman–Crippen MR) is 71.3 cm³/mol. The van der Waals surface area contributed by atoms with Gasteiger partial charge in [0, 0.05) is 13.1 Å². The summed E-state index contributed by atoms with van der Waals surface area (Å²) < 4.78 is 5.15. The predicted octanol–water partition coefficient (Wildman–Crippen LogP) is 3.37. The highest BCUT2D eigenvalue weighted by atomic mass is 16.5. The zero-order chi connectivity index (χ0) is 12.1. The van der Waals surface area contributed by atoms with E-state index in [2.05, 4.69) is 24.4 Å². The lowest BCUT2D eigenvalue weighted by Crippen LogP contribution is -2.23. The number of benzene rings is 1. The summed E-state index contributed by atoms with van der Waals surface area (Å²) in [5.41, 5.74) is 1.97. The largest absolute Gasteiger partial charge is 0.497 e. The van der Waals surface area contributed by atoms with Gasteiger partial charge in [-0.1, -0.05) is 25.5 Å². The van der Waals surface area contributed by atoms with E-state index in [1.54, 1.807) is 7.11 Å². The molecule has 0 amide bonds. The van der Waals surface area contributed by atoms with Gasteiger partial charge in [-0.3, -0.25) is 0 Å². The third-order valence-corrected chi connectivity index (χ3v) is 3.73. The Hall–Kier alpha value is -1.02. The molecule has 17 heavy (non-hydrogen) atoms. The quantitative estimate of drug-likeness (QED) is 0.779. The number of methoxy groups -OCH3 is 1. The molecule has 1 aromatic rings. The SMILES string of the molecule is CCCC1(CNCc2ccc(OC)cc2)CC1. The van der Waals surface area contributed by atoms with Crippen molar-refractivity contribution in [1.29, 1.82) is 0 Å². The molecule has 0 heterocycles. The molecule has 0 radical (unpaired) electrons. The molecule has 0 atom stereocenters. The van der Waals surface area contributed by atoms with Crippen LogP contribution in [0, 0.1) is 5.41 Å². The molecule has 1 N–H and O–H groups in total. The van der Waals surface area contributed by atoms with Crippen LogP contribution in [0.4, 0.5) is 0 Å². The van der Waals surface area contributed by atoms with Gasteiger partial charge in [0.05, 0.1) is 7.11 Å². The monoisotopic (exact) mass is 233 g/mol. The second-order valence-corrected chi connectivity index (χ2v) is 5.20. The van der Waals surface area contributed by atoms with Crippen LogP contribution in [0.15, 0.2) is 24.3 Å². The molecule has 0 saturated heterocycles. The topological polar surface area (TPSA) is 21.3 Å². The smallest absolute Gasteiger partial charge is 0.118 e. The third kappa shape index (κ3) is 3.47. The lowest BCUT2D eigenvalue weighted by Gasteiger charge is -2.15. The van der Waals surface area contributed by atoms with Crippen molar-refractivity contribution in [3.63, 3.8) is 0 Å². The summed E-state index contributed by atoms with van der Waals surface area (Å²) in [6, 6.07) is 8.31. The van der Waals surface area contributed by atoms with E-state index >= 15 is 0 Å². The first-order valence-corrected chi connectivity index (χ1v) is 6.62. The maximum absolute atomic E-state index is 5.15. The Bertz CT molecular complexity index is 340. The van der Waals surface area contributed by atoms with Crippen molar-refractivity contribution in [3.8, 4) is 5.75 Å². The first kappa shape index (κ1) is 12.4. The van der Waals surface area contributed by atoms with E-state index in [0.717, 1.165) is 12.3 Å². The second-order valence-electron chi connectivity index (χ2n) is 5.20.